The number of thiazole rings is 1. The first kappa shape index (κ1) is 16.8. The van der Waals surface area contributed by atoms with Crippen molar-refractivity contribution in [1.82, 2.24) is 15.0 Å². The lowest BCUT2D eigenvalue weighted by atomic mass is 10.4. The molecule has 5 nitrogen and oxygen atoms in total. The summed E-state index contributed by atoms with van der Waals surface area (Å²) in [6.45, 7) is 5.79. The largest absolute Gasteiger partial charge is 0.316 e. The molecule has 1 unspecified atom stereocenters. The van der Waals surface area contributed by atoms with Gasteiger partial charge >= 0.3 is 0 Å². The fourth-order valence-corrected chi connectivity index (χ4v) is 3.82. The van der Waals surface area contributed by atoms with E-state index >= 15 is 0 Å². The highest BCUT2D eigenvalue weighted by Crippen LogP contribution is 2.22. The second-order valence-electron chi connectivity index (χ2n) is 3.65. The first-order chi connectivity index (χ1) is 7.36. The van der Waals surface area contributed by atoms with Gasteiger partial charge in [-0.1, -0.05) is 0 Å². The van der Waals surface area contributed by atoms with Crippen molar-refractivity contribution in [3.8, 4) is 0 Å². The van der Waals surface area contributed by atoms with Gasteiger partial charge in [0.1, 0.15) is 0 Å². The van der Waals surface area contributed by atoms with Crippen LogP contribution in [0.15, 0.2) is 4.21 Å². The van der Waals surface area contributed by atoms with Crippen molar-refractivity contribution in [2.75, 3.05) is 13.6 Å². The summed E-state index contributed by atoms with van der Waals surface area (Å²) in [7, 11) is -1.62. The van der Waals surface area contributed by atoms with Crippen LogP contribution in [0, 0.1) is 13.8 Å². The predicted molar refractivity (Wildman–Crippen MR) is 72.5 cm³/mol. The smallest absolute Gasteiger partial charge is 0.251 e. The molecule has 0 saturated heterocycles. The number of nitrogens with one attached hydrogen (secondary N) is 2. The highest BCUT2D eigenvalue weighted by molar-refractivity contribution is 7.91. The lowest BCUT2D eigenvalue weighted by molar-refractivity contribution is 0.555. The van der Waals surface area contributed by atoms with E-state index in [9.17, 15) is 8.42 Å². The Morgan fingerprint density at radius 2 is 2.00 bits per heavy atom. The summed E-state index contributed by atoms with van der Waals surface area (Å²) in [6.07, 6.45) is 0. The van der Waals surface area contributed by atoms with Crippen LogP contribution in [0.4, 0.5) is 0 Å². The number of sulfonamides is 1. The van der Waals surface area contributed by atoms with Crippen LogP contribution >= 0.6 is 23.7 Å². The van der Waals surface area contributed by atoms with Crippen molar-refractivity contribution in [3.05, 3.63) is 10.7 Å². The Bertz CT molecular complexity index is 459. The van der Waals surface area contributed by atoms with E-state index < -0.39 is 10.0 Å². The van der Waals surface area contributed by atoms with Crippen LogP contribution in [0.5, 0.6) is 0 Å². The SMILES string of the molecule is CNC(C)CNS(=O)(=O)c1sc(C)nc1C.Cl. The quantitative estimate of drug-likeness (QED) is 0.853. The van der Waals surface area contributed by atoms with Crippen LogP contribution in [-0.4, -0.2) is 33.0 Å². The van der Waals surface area contributed by atoms with E-state index in [0.717, 1.165) is 5.01 Å². The molecule has 1 heterocycles. The summed E-state index contributed by atoms with van der Waals surface area (Å²) in [5, 5.41) is 3.73. The zero-order valence-electron chi connectivity index (χ0n) is 10.3. The van der Waals surface area contributed by atoms with E-state index in [4.69, 9.17) is 0 Å². The van der Waals surface area contributed by atoms with E-state index in [0.29, 0.717) is 16.4 Å². The minimum atomic E-state index is -3.41. The molecule has 0 saturated carbocycles. The highest BCUT2D eigenvalue weighted by Gasteiger charge is 2.20. The molecule has 0 spiro atoms. The van der Waals surface area contributed by atoms with Gasteiger partial charge in [0.15, 0.2) is 4.21 Å². The predicted octanol–water partition coefficient (Wildman–Crippen LogP) is 1.07. The number of likely N-dealkylation sites (N-methyl/N-ethyl adjacent to an activating group) is 1. The van der Waals surface area contributed by atoms with Crippen molar-refractivity contribution >= 4 is 33.8 Å². The van der Waals surface area contributed by atoms with Gasteiger partial charge in [-0.2, -0.15) is 0 Å². The third-order valence-electron chi connectivity index (χ3n) is 2.18. The molecular weight excluding hydrogens is 282 g/mol. The summed E-state index contributed by atoms with van der Waals surface area (Å²) >= 11 is 1.20. The summed E-state index contributed by atoms with van der Waals surface area (Å²) in [4.78, 5) is 4.11. The van der Waals surface area contributed by atoms with Crippen molar-refractivity contribution in [1.29, 1.82) is 0 Å². The third kappa shape index (κ3) is 4.51. The van der Waals surface area contributed by atoms with E-state index in [-0.39, 0.29) is 18.4 Å². The Hall–Kier alpha value is -0.210. The van der Waals surface area contributed by atoms with Crippen LogP contribution in [0.25, 0.3) is 0 Å². The summed E-state index contributed by atoms with van der Waals surface area (Å²) in [5.74, 6) is 0. The molecule has 1 rings (SSSR count). The molecule has 0 aliphatic heterocycles. The van der Waals surface area contributed by atoms with Gasteiger partial charge in [0.2, 0.25) is 0 Å². The molecular formula is C9H18ClN3O2S2. The van der Waals surface area contributed by atoms with Gasteiger partial charge in [-0.3, -0.25) is 0 Å². The molecule has 1 aromatic heterocycles. The fourth-order valence-electron chi connectivity index (χ4n) is 1.16. The first-order valence-corrected chi connectivity index (χ1v) is 7.27. The average molecular weight is 300 g/mol. The normalized spacial score (nSPS) is 13.2. The molecule has 0 bridgehead atoms. The summed E-state index contributed by atoms with van der Waals surface area (Å²) in [6, 6.07) is 0.101. The van der Waals surface area contributed by atoms with Crippen molar-refractivity contribution in [2.24, 2.45) is 0 Å². The lowest BCUT2D eigenvalue weighted by Crippen LogP contribution is -2.37. The molecule has 17 heavy (non-hydrogen) atoms. The number of nitrogens with zero attached hydrogens (tertiary/aromatic N) is 1. The lowest BCUT2D eigenvalue weighted by Gasteiger charge is -2.11. The van der Waals surface area contributed by atoms with Gasteiger partial charge in [0.05, 0.1) is 10.7 Å². The molecule has 2 N–H and O–H groups in total. The van der Waals surface area contributed by atoms with E-state index in [1.54, 1.807) is 20.9 Å². The molecule has 8 heteroatoms. The van der Waals surface area contributed by atoms with E-state index in [1.165, 1.54) is 11.3 Å². The van der Waals surface area contributed by atoms with Crippen LogP contribution in [-0.2, 0) is 10.0 Å². The zero-order valence-corrected chi connectivity index (χ0v) is 12.7. The number of halogens is 1. The molecule has 0 aromatic carbocycles. The van der Waals surface area contributed by atoms with E-state index in [1.807, 2.05) is 6.92 Å². The monoisotopic (exact) mass is 299 g/mol. The topological polar surface area (TPSA) is 71.1 Å². The Morgan fingerprint density at radius 3 is 2.41 bits per heavy atom. The fraction of sp³-hybridized carbons (Fsp3) is 0.667. The molecule has 0 fully saturated rings. The van der Waals surface area contributed by atoms with Crippen LogP contribution < -0.4 is 10.0 Å². The highest BCUT2D eigenvalue weighted by atomic mass is 35.5. The molecule has 1 aromatic rings. The molecule has 0 radical (unpaired) electrons. The Labute approximate surface area is 112 Å². The van der Waals surface area contributed by atoms with Crippen molar-refractivity contribution in [2.45, 2.75) is 31.0 Å². The maximum Gasteiger partial charge on any atom is 0.251 e. The molecule has 0 aliphatic rings. The molecule has 0 amide bonds. The van der Waals surface area contributed by atoms with Crippen LogP contribution in [0.3, 0.4) is 0 Å². The third-order valence-corrected chi connectivity index (χ3v) is 5.28. The maximum absolute atomic E-state index is 11.9. The summed E-state index contributed by atoms with van der Waals surface area (Å²) in [5.41, 5.74) is 0.562. The van der Waals surface area contributed by atoms with Gasteiger partial charge in [0.25, 0.3) is 10.0 Å². The van der Waals surface area contributed by atoms with Gasteiger partial charge in [0, 0.05) is 12.6 Å². The Kier molecular flexibility index (Phi) is 6.57. The number of aryl methyl sites for hydroxylation is 2. The standard InChI is InChI=1S/C9H17N3O2S2.ClH/c1-6(10-4)5-11-16(13,14)9-7(2)12-8(3)15-9;/h6,10-11H,5H2,1-4H3;1H. The van der Waals surface area contributed by atoms with Gasteiger partial charge in [-0.25, -0.2) is 18.1 Å². The minimum Gasteiger partial charge on any atom is -0.316 e. The minimum absolute atomic E-state index is 0. The van der Waals surface area contributed by atoms with Crippen molar-refractivity contribution < 1.29 is 8.42 Å². The zero-order chi connectivity index (χ0) is 12.3. The second kappa shape index (κ2) is 6.65. The first-order valence-electron chi connectivity index (χ1n) is 4.97. The van der Waals surface area contributed by atoms with Crippen molar-refractivity contribution in [3.63, 3.8) is 0 Å². The number of hydrogen-bond donors (Lipinski definition) is 2. The van der Waals surface area contributed by atoms with Gasteiger partial charge in [-0.15, -0.1) is 23.7 Å². The molecule has 100 valence electrons. The number of aromatic nitrogens is 1. The molecule has 0 aliphatic carbocycles. The van der Waals surface area contributed by atoms with Gasteiger partial charge in [-0.05, 0) is 27.8 Å². The Morgan fingerprint density at radius 1 is 1.41 bits per heavy atom. The molecule has 1 atom stereocenters. The maximum atomic E-state index is 11.9. The van der Waals surface area contributed by atoms with E-state index in [2.05, 4.69) is 15.0 Å². The summed E-state index contributed by atoms with van der Waals surface area (Å²) < 4.78 is 26.7. The Balaban J connectivity index is 0.00000256. The van der Waals surface area contributed by atoms with Crippen LogP contribution in [0.2, 0.25) is 0 Å². The average Bonchev–Trinajstić information content (AvgIpc) is 2.55. The number of hydrogen-bond acceptors (Lipinski definition) is 5. The van der Waals surface area contributed by atoms with Gasteiger partial charge < -0.3 is 5.32 Å². The van der Waals surface area contributed by atoms with Crippen LogP contribution in [0.1, 0.15) is 17.6 Å². The number of rotatable bonds is 5. The second-order valence-corrected chi connectivity index (χ2v) is 6.81.